The Kier molecular flexibility index (Phi) is 6.53. The Hall–Kier alpha value is -2.90. The van der Waals surface area contributed by atoms with Crippen molar-refractivity contribution in [3.63, 3.8) is 0 Å². The molecular weight excluding hydrogens is 412 g/mol. The first-order valence-corrected chi connectivity index (χ1v) is 12.1. The van der Waals surface area contributed by atoms with Crippen molar-refractivity contribution in [3.8, 4) is 0 Å². The van der Waals surface area contributed by atoms with E-state index in [2.05, 4.69) is 29.2 Å². The Morgan fingerprint density at radius 2 is 1.48 bits per heavy atom. The van der Waals surface area contributed by atoms with Gasteiger partial charge >= 0.3 is 0 Å². The largest absolute Gasteiger partial charge is 0.455 e. The summed E-state index contributed by atoms with van der Waals surface area (Å²) in [5.74, 6) is 0.00754. The predicted molar refractivity (Wildman–Crippen MR) is 119 cm³/mol. The van der Waals surface area contributed by atoms with Gasteiger partial charge in [0.05, 0.1) is 4.90 Å². The molecule has 162 valence electrons. The van der Waals surface area contributed by atoms with E-state index in [-0.39, 0.29) is 28.1 Å². The van der Waals surface area contributed by atoms with E-state index < -0.39 is 9.84 Å². The molecule has 0 saturated carbocycles. The van der Waals surface area contributed by atoms with Gasteiger partial charge in [0, 0.05) is 32.7 Å². The number of nitrogens with zero attached hydrogens (tertiary/aromatic N) is 2. The molecule has 0 radical (unpaired) electrons. The zero-order valence-electron chi connectivity index (χ0n) is 17.3. The Morgan fingerprint density at radius 3 is 2.16 bits per heavy atom. The minimum absolute atomic E-state index is 0.189. The lowest BCUT2D eigenvalue weighted by Gasteiger charge is -2.34. The van der Waals surface area contributed by atoms with Crippen molar-refractivity contribution in [2.75, 3.05) is 32.7 Å². The van der Waals surface area contributed by atoms with E-state index >= 15 is 0 Å². The molecule has 7 heteroatoms. The molecule has 0 N–H and O–H groups in total. The minimum atomic E-state index is -3.51. The lowest BCUT2D eigenvalue weighted by Crippen LogP contribution is -2.49. The van der Waals surface area contributed by atoms with Crippen LogP contribution in [0.2, 0.25) is 0 Å². The van der Waals surface area contributed by atoms with Gasteiger partial charge in [-0.3, -0.25) is 9.69 Å². The van der Waals surface area contributed by atoms with Crippen molar-refractivity contribution in [3.05, 3.63) is 89.9 Å². The number of piperazine rings is 1. The maximum atomic E-state index is 12.8. The summed E-state index contributed by atoms with van der Waals surface area (Å²) in [6, 6.07) is 21.8. The number of furan rings is 1. The van der Waals surface area contributed by atoms with Crippen molar-refractivity contribution in [2.24, 2.45) is 0 Å². The molecule has 0 unspecified atom stereocenters. The van der Waals surface area contributed by atoms with Crippen LogP contribution in [0.5, 0.6) is 0 Å². The van der Waals surface area contributed by atoms with Gasteiger partial charge in [-0.25, -0.2) is 8.42 Å². The fraction of sp³-hybridized carbons (Fsp3) is 0.292. The first-order valence-electron chi connectivity index (χ1n) is 10.4. The van der Waals surface area contributed by atoms with Crippen LogP contribution in [0.15, 0.2) is 82.1 Å². The van der Waals surface area contributed by atoms with Gasteiger partial charge in [0.25, 0.3) is 5.91 Å². The minimum Gasteiger partial charge on any atom is -0.455 e. The summed E-state index contributed by atoms with van der Waals surface area (Å²) >= 11 is 0. The predicted octanol–water partition coefficient (Wildman–Crippen LogP) is 3.25. The lowest BCUT2D eigenvalue weighted by atomic mass is 10.1. The summed E-state index contributed by atoms with van der Waals surface area (Å²) < 4.78 is 30.6. The summed E-state index contributed by atoms with van der Waals surface area (Å²) in [6.07, 6.45) is 0.992. The van der Waals surface area contributed by atoms with Crippen molar-refractivity contribution >= 4 is 15.7 Å². The second kappa shape index (κ2) is 9.49. The van der Waals surface area contributed by atoms with Crippen molar-refractivity contribution in [1.82, 2.24) is 9.80 Å². The SMILES string of the molecule is O=C(c1ccc(CS(=O)(=O)c2ccccc2)o1)N1CCN(CCc2ccccc2)CC1. The molecule has 0 atom stereocenters. The monoisotopic (exact) mass is 438 g/mol. The summed E-state index contributed by atoms with van der Waals surface area (Å²) in [4.78, 5) is 17.2. The number of rotatable bonds is 7. The van der Waals surface area contributed by atoms with Crippen LogP contribution in [-0.2, 0) is 22.0 Å². The number of carbonyl (C=O) groups excluding carboxylic acids is 1. The van der Waals surface area contributed by atoms with Gasteiger partial charge in [-0.15, -0.1) is 0 Å². The van der Waals surface area contributed by atoms with Gasteiger partial charge in [-0.05, 0) is 36.2 Å². The van der Waals surface area contributed by atoms with Gasteiger partial charge in [0.15, 0.2) is 15.6 Å². The maximum absolute atomic E-state index is 12.8. The highest BCUT2D eigenvalue weighted by atomic mass is 32.2. The topological polar surface area (TPSA) is 70.8 Å². The second-order valence-corrected chi connectivity index (χ2v) is 9.70. The van der Waals surface area contributed by atoms with Crippen LogP contribution >= 0.6 is 0 Å². The lowest BCUT2D eigenvalue weighted by molar-refractivity contribution is 0.0606. The second-order valence-electron chi connectivity index (χ2n) is 7.71. The molecule has 2 heterocycles. The molecule has 6 nitrogen and oxygen atoms in total. The van der Waals surface area contributed by atoms with E-state index in [1.165, 1.54) is 5.56 Å². The van der Waals surface area contributed by atoms with Gasteiger partial charge in [0.2, 0.25) is 0 Å². The molecule has 1 aromatic heterocycles. The molecule has 4 rings (SSSR count). The molecular formula is C24H26N2O4S. The molecule has 0 spiro atoms. The first kappa shape index (κ1) is 21.3. The Labute approximate surface area is 183 Å². The molecule has 0 bridgehead atoms. The van der Waals surface area contributed by atoms with Gasteiger partial charge < -0.3 is 9.32 Å². The van der Waals surface area contributed by atoms with Gasteiger partial charge in [-0.2, -0.15) is 0 Å². The van der Waals surface area contributed by atoms with Gasteiger partial charge in [-0.1, -0.05) is 48.5 Å². The number of amides is 1. The first-order chi connectivity index (χ1) is 15.0. The Balaban J connectivity index is 1.30. The van der Waals surface area contributed by atoms with Crippen LogP contribution in [0.3, 0.4) is 0 Å². The molecule has 1 amide bonds. The molecule has 1 aliphatic heterocycles. The molecule has 1 aliphatic rings. The molecule has 1 saturated heterocycles. The third-order valence-corrected chi connectivity index (χ3v) is 7.18. The zero-order chi connectivity index (χ0) is 21.7. The summed E-state index contributed by atoms with van der Waals surface area (Å²) in [7, 11) is -3.51. The van der Waals surface area contributed by atoms with Crippen LogP contribution in [0.1, 0.15) is 21.9 Å². The summed E-state index contributed by atoms with van der Waals surface area (Å²) in [5.41, 5.74) is 1.31. The highest BCUT2D eigenvalue weighted by Crippen LogP contribution is 2.19. The number of carbonyl (C=O) groups is 1. The van der Waals surface area contributed by atoms with E-state index in [1.54, 1.807) is 47.4 Å². The molecule has 0 aliphatic carbocycles. The van der Waals surface area contributed by atoms with E-state index in [1.807, 2.05) is 6.07 Å². The van der Waals surface area contributed by atoms with Crippen molar-refractivity contribution < 1.29 is 17.6 Å². The molecule has 31 heavy (non-hydrogen) atoms. The number of hydrogen-bond donors (Lipinski definition) is 0. The van der Waals surface area contributed by atoms with Crippen LogP contribution in [0, 0.1) is 0 Å². The quantitative estimate of drug-likeness (QED) is 0.566. The Bertz CT molecular complexity index is 1100. The zero-order valence-corrected chi connectivity index (χ0v) is 18.1. The van der Waals surface area contributed by atoms with Crippen LogP contribution in [0.25, 0.3) is 0 Å². The third-order valence-electron chi connectivity index (χ3n) is 5.53. The van der Waals surface area contributed by atoms with E-state index in [0.29, 0.717) is 13.1 Å². The fourth-order valence-electron chi connectivity index (χ4n) is 3.73. The van der Waals surface area contributed by atoms with Crippen LogP contribution < -0.4 is 0 Å². The Morgan fingerprint density at radius 1 is 0.839 bits per heavy atom. The molecule has 2 aromatic carbocycles. The average molecular weight is 439 g/mol. The number of benzene rings is 2. The average Bonchev–Trinajstić information content (AvgIpc) is 3.26. The van der Waals surface area contributed by atoms with E-state index in [0.717, 1.165) is 26.1 Å². The standard InChI is InChI=1S/C24H26N2O4S/c27-24(26-17-15-25(16-18-26)14-13-20-7-3-1-4-8-20)23-12-11-21(30-23)19-31(28,29)22-9-5-2-6-10-22/h1-12H,13-19H2. The van der Waals surface area contributed by atoms with E-state index in [9.17, 15) is 13.2 Å². The van der Waals surface area contributed by atoms with Crippen LogP contribution in [-0.4, -0.2) is 56.8 Å². The summed E-state index contributed by atoms with van der Waals surface area (Å²) in [6.45, 7) is 3.86. The van der Waals surface area contributed by atoms with Gasteiger partial charge in [0.1, 0.15) is 11.5 Å². The third kappa shape index (κ3) is 5.42. The maximum Gasteiger partial charge on any atom is 0.289 e. The number of sulfone groups is 1. The normalized spacial score (nSPS) is 15.2. The van der Waals surface area contributed by atoms with Crippen molar-refractivity contribution in [2.45, 2.75) is 17.1 Å². The number of hydrogen-bond acceptors (Lipinski definition) is 5. The van der Waals surface area contributed by atoms with Crippen molar-refractivity contribution in [1.29, 1.82) is 0 Å². The van der Waals surface area contributed by atoms with Crippen LogP contribution in [0.4, 0.5) is 0 Å². The summed E-state index contributed by atoms with van der Waals surface area (Å²) in [5, 5.41) is 0. The fourth-order valence-corrected chi connectivity index (χ4v) is 5.00. The highest BCUT2D eigenvalue weighted by molar-refractivity contribution is 7.90. The van der Waals surface area contributed by atoms with E-state index in [4.69, 9.17) is 4.42 Å². The molecule has 3 aromatic rings. The highest BCUT2D eigenvalue weighted by Gasteiger charge is 2.25. The smallest absolute Gasteiger partial charge is 0.289 e. The molecule has 1 fully saturated rings.